The minimum absolute atomic E-state index is 0.266. The van der Waals surface area contributed by atoms with Crippen LogP contribution in [0.5, 0.6) is 0 Å². The maximum absolute atomic E-state index is 6.18. The summed E-state index contributed by atoms with van der Waals surface area (Å²) in [6.07, 6.45) is 0.266. The quantitative estimate of drug-likeness (QED) is 0.919. The fourth-order valence-corrected chi connectivity index (χ4v) is 2.62. The lowest BCUT2D eigenvalue weighted by molar-refractivity contribution is 0.0343. The Balaban J connectivity index is 2.27. The summed E-state index contributed by atoms with van der Waals surface area (Å²) in [5, 5.41) is 4.18. The van der Waals surface area contributed by atoms with Crippen molar-refractivity contribution in [3.63, 3.8) is 0 Å². The van der Waals surface area contributed by atoms with Gasteiger partial charge >= 0.3 is 0 Å². The molecule has 1 N–H and O–H groups in total. The number of nitrogens with one attached hydrogen (secondary N) is 1. The fourth-order valence-electron chi connectivity index (χ4n) is 2.45. The third kappa shape index (κ3) is 3.62. The zero-order chi connectivity index (χ0) is 13.8. The van der Waals surface area contributed by atoms with Gasteiger partial charge in [0.1, 0.15) is 0 Å². The standard InChI is InChI=1S/C15H23ClN2O/c1-4-17-8-13-5-6-14(16)7-15(13)18-9-12(3)19-10-11(18)2/h5-7,11-12,17H,4,8-10H2,1-3H3. The summed E-state index contributed by atoms with van der Waals surface area (Å²) in [6, 6.07) is 6.54. The Morgan fingerprint density at radius 3 is 2.95 bits per heavy atom. The average molecular weight is 283 g/mol. The fraction of sp³-hybridized carbons (Fsp3) is 0.600. The third-order valence-corrected chi connectivity index (χ3v) is 3.77. The Morgan fingerprint density at radius 1 is 1.42 bits per heavy atom. The van der Waals surface area contributed by atoms with E-state index in [0.29, 0.717) is 6.04 Å². The Bertz CT molecular complexity index is 425. The van der Waals surface area contributed by atoms with Gasteiger partial charge in [-0.1, -0.05) is 24.6 Å². The van der Waals surface area contributed by atoms with Crippen LogP contribution in [0.1, 0.15) is 26.3 Å². The van der Waals surface area contributed by atoms with Crippen molar-refractivity contribution in [3.8, 4) is 0 Å². The van der Waals surface area contributed by atoms with Gasteiger partial charge in [-0.25, -0.2) is 0 Å². The zero-order valence-electron chi connectivity index (χ0n) is 11.9. The molecule has 0 saturated carbocycles. The van der Waals surface area contributed by atoms with Gasteiger partial charge in [0.15, 0.2) is 0 Å². The zero-order valence-corrected chi connectivity index (χ0v) is 12.7. The second kappa shape index (κ2) is 6.60. The minimum atomic E-state index is 0.266. The van der Waals surface area contributed by atoms with E-state index >= 15 is 0 Å². The van der Waals surface area contributed by atoms with Gasteiger partial charge in [-0.3, -0.25) is 0 Å². The molecule has 1 aromatic carbocycles. The van der Waals surface area contributed by atoms with Gasteiger partial charge in [0.2, 0.25) is 0 Å². The Hall–Kier alpha value is -0.770. The smallest absolute Gasteiger partial charge is 0.0723 e. The molecule has 1 fully saturated rings. The minimum Gasteiger partial charge on any atom is -0.375 e. The van der Waals surface area contributed by atoms with Crippen LogP contribution in [-0.4, -0.2) is 31.8 Å². The number of morpholine rings is 1. The van der Waals surface area contributed by atoms with Crippen molar-refractivity contribution in [2.45, 2.75) is 39.5 Å². The lowest BCUT2D eigenvalue weighted by Gasteiger charge is -2.39. The van der Waals surface area contributed by atoms with E-state index < -0.39 is 0 Å². The SMILES string of the molecule is CCNCc1ccc(Cl)cc1N1CC(C)OCC1C. The molecule has 0 aromatic heterocycles. The molecular formula is C15H23ClN2O. The van der Waals surface area contributed by atoms with Gasteiger partial charge in [0, 0.05) is 29.8 Å². The molecule has 106 valence electrons. The number of hydrogen-bond donors (Lipinski definition) is 1. The van der Waals surface area contributed by atoms with E-state index in [1.807, 2.05) is 6.07 Å². The molecule has 0 radical (unpaired) electrons. The lowest BCUT2D eigenvalue weighted by Crippen LogP contribution is -2.47. The molecule has 0 spiro atoms. The molecule has 1 aromatic rings. The van der Waals surface area contributed by atoms with Crippen LogP contribution < -0.4 is 10.2 Å². The number of ether oxygens (including phenoxy) is 1. The molecule has 1 aliphatic rings. The number of rotatable bonds is 4. The Labute approximate surface area is 120 Å². The predicted octanol–water partition coefficient (Wildman–Crippen LogP) is 3.06. The van der Waals surface area contributed by atoms with Crippen LogP contribution in [0, 0.1) is 0 Å². The molecule has 2 rings (SSSR count). The summed E-state index contributed by atoms with van der Waals surface area (Å²) < 4.78 is 5.70. The van der Waals surface area contributed by atoms with E-state index in [0.717, 1.165) is 31.3 Å². The molecule has 2 unspecified atom stereocenters. The summed E-state index contributed by atoms with van der Waals surface area (Å²) in [6.45, 7) is 9.97. The van der Waals surface area contributed by atoms with E-state index in [1.54, 1.807) is 0 Å². The van der Waals surface area contributed by atoms with Crippen molar-refractivity contribution < 1.29 is 4.74 Å². The van der Waals surface area contributed by atoms with Gasteiger partial charge in [0.25, 0.3) is 0 Å². The number of nitrogens with zero attached hydrogens (tertiary/aromatic N) is 1. The number of anilines is 1. The second-order valence-electron chi connectivity index (χ2n) is 5.20. The van der Waals surface area contributed by atoms with Crippen molar-refractivity contribution >= 4 is 17.3 Å². The molecule has 0 bridgehead atoms. The molecule has 2 atom stereocenters. The predicted molar refractivity (Wildman–Crippen MR) is 81.1 cm³/mol. The maximum Gasteiger partial charge on any atom is 0.0723 e. The van der Waals surface area contributed by atoms with Crippen LogP contribution in [0.4, 0.5) is 5.69 Å². The van der Waals surface area contributed by atoms with E-state index in [4.69, 9.17) is 16.3 Å². The normalized spacial score (nSPS) is 23.7. The van der Waals surface area contributed by atoms with Crippen molar-refractivity contribution in [1.29, 1.82) is 0 Å². The molecule has 19 heavy (non-hydrogen) atoms. The van der Waals surface area contributed by atoms with Gasteiger partial charge < -0.3 is 15.0 Å². The summed E-state index contributed by atoms with van der Waals surface area (Å²) >= 11 is 6.18. The topological polar surface area (TPSA) is 24.5 Å². The van der Waals surface area contributed by atoms with Crippen molar-refractivity contribution in [2.24, 2.45) is 0 Å². The van der Waals surface area contributed by atoms with Crippen molar-refractivity contribution in [1.82, 2.24) is 5.32 Å². The van der Waals surface area contributed by atoms with Crippen molar-refractivity contribution in [2.75, 3.05) is 24.6 Å². The Morgan fingerprint density at radius 2 is 2.21 bits per heavy atom. The van der Waals surface area contributed by atoms with Crippen LogP contribution in [0.2, 0.25) is 5.02 Å². The molecule has 0 aliphatic carbocycles. The first-order valence-electron chi connectivity index (χ1n) is 6.99. The van der Waals surface area contributed by atoms with E-state index in [1.165, 1.54) is 11.3 Å². The molecule has 1 heterocycles. The molecule has 3 nitrogen and oxygen atoms in total. The number of benzene rings is 1. The highest BCUT2D eigenvalue weighted by Crippen LogP contribution is 2.28. The van der Waals surface area contributed by atoms with Crippen LogP contribution in [0.15, 0.2) is 18.2 Å². The molecule has 4 heteroatoms. The average Bonchev–Trinajstić information content (AvgIpc) is 2.40. The monoisotopic (exact) mass is 282 g/mol. The highest BCUT2D eigenvalue weighted by atomic mass is 35.5. The molecule has 1 aliphatic heterocycles. The van der Waals surface area contributed by atoms with Crippen LogP contribution in [-0.2, 0) is 11.3 Å². The van der Waals surface area contributed by atoms with Gasteiger partial charge in [0.05, 0.1) is 12.7 Å². The summed E-state index contributed by atoms with van der Waals surface area (Å²) in [5.74, 6) is 0. The van der Waals surface area contributed by atoms with E-state index in [9.17, 15) is 0 Å². The van der Waals surface area contributed by atoms with Gasteiger partial charge in [-0.15, -0.1) is 0 Å². The summed E-state index contributed by atoms with van der Waals surface area (Å²) in [7, 11) is 0. The first kappa shape index (κ1) is 14.6. The van der Waals surface area contributed by atoms with Crippen LogP contribution in [0.25, 0.3) is 0 Å². The number of halogens is 1. The third-order valence-electron chi connectivity index (χ3n) is 3.53. The molecule has 0 amide bonds. The molecular weight excluding hydrogens is 260 g/mol. The van der Waals surface area contributed by atoms with Crippen LogP contribution >= 0.6 is 11.6 Å². The second-order valence-corrected chi connectivity index (χ2v) is 5.64. The summed E-state index contributed by atoms with van der Waals surface area (Å²) in [4.78, 5) is 2.41. The Kier molecular flexibility index (Phi) is 5.08. The first-order chi connectivity index (χ1) is 9.11. The lowest BCUT2D eigenvalue weighted by atomic mass is 10.1. The van der Waals surface area contributed by atoms with E-state index in [-0.39, 0.29) is 6.10 Å². The highest BCUT2D eigenvalue weighted by Gasteiger charge is 2.25. The van der Waals surface area contributed by atoms with Gasteiger partial charge in [-0.05, 0) is 38.1 Å². The van der Waals surface area contributed by atoms with Crippen LogP contribution in [0.3, 0.4) is 0 Å². The molecule has 1 saturated heterocycles. The van der Waals surface area contributed by atoms with Crippen molar-refractivity contribution in [3.05, 3.63) is 28.8 Å². The summed E-state index contributed by atoms with van der Waals surface area (Å²) in [5.41, 5.74) is 2.53. The van der Waals surface area contributed by atoms with Gasteiger partial charge in [-0.2, -0.15) is 0 Å². The number of hydrogen-bond acceptors (Lipinski definition) is 3. The first-order valence-corrected chi connectivity index (χ1v) is 7.37. The maximum atomic E-state index is 6.18. The largest absolute Gasteiger partial charge is 0.375 e. The highest BCUT2D eigenvalue weighted by molar-refractivity contribution is 6.30. The van der Waals surface area contributed by atoms with E-state index in [2.05, 4.69) is 43.1 Å².